The summed E-state index contributed by atoms with van der Waals surface area (Å²) >= 11 is 0. The third kappa shape index (κ3) is 7.93. The lowest BCUT2D eigenvalue weighted by molar-refractivity contribution is -0.914. The van der Waals surface area contributed by atoms with E-state index in [1.807, 2.05) is 31.2 Å². The third-order valence-corrected chi connectivity index (χ3v) is 14.3. The van der Waals surface area contributed by atoms with Crippen LogP contribution >= 0.6 is 0 Å². The number of sulfonamides is 1. The average Bonchev–Trinajstić information content (AvgIpc) is 3.66. The van der Waals surface area contributed by atoms with E-state index in [4.69, 9.17) is 4.74 Å². The Balaban J connectivity index is 1.38. The number of methoxy groups -OCH3 is 1. The van der Waals surface area contributed by atoms with Crippen LogP contribution in [-0.4, -0.2) is 115 Å². The van der Waals surface area contributed by atoms with Gasteiger partial charge in [-0.3, -0.25) is 14.3 Å². The molecule has 3 aliphatic heterocycles. The van der Waals surface area contributed by atoms with Crippen molar-refractivity contribution >= 4 is 27.4 Å². The number of ether oxygens (including phenoxy) is 1. The number of piperazine rings is 1. The maximum absolute atomic E-state index is 14.6. The summed E-state index contributed by atoms with van der Waals surface area (Å²) in [6.07, 6.45) is 13.4. The Bertz CT molecular complexity index is 2170. The topological polar surface area (TPSA) is 114 Å². The summed E-state index contributed by atoms with van der Waals surface area (Å²) in [5, 5.41) is 3.41. The first kappa shape index (κ1) is 40.8. The molecule has 11 nitrogen and oxygen atoms in total. The highest BCUT2D eigenvalue weighted by molar-refractivity contribution is 7.90. The Morgan fingerprint density at radius 1 is 1.12 bits per heavy atom. The minimum absolute atomic E-state index is 0.0938. The smallest absolute Gasteiger partial charge is 0.408 e. The van der Waals surface area contributed by atoms with Gasteiger partial charge in [0.15, 0.2) is 0 Å². The van der Waals surface area contributed by atoms with Gasteiger partial charge in [0.2, 0.25) is 10.0 Å². The number of fused-ring (bicyclic) bond motifs is 4. The van der Waals surface area contributed by atoms with Crippen molar-refractivity contribution in [2.45, 2.75) is 96.3 Å². The maximum atomic E-state index is 14.6. The van der Waals surface area contributed by atoms with Crippen LogP contribution in [0.4, 0.5) is 13.2 Å². The van der Waals surface area contributed by atoms with Gasteiger partial charge < -0.3 is 19.0 Å². The van der Waals surface area contributed by atoms with Crippen molar-refractivity contribution in [3.8, 4) is 0 Å². The lowest BCUT2D eigenvalue weighted by Gasteiger charge is -2.45. The zero-order chi connectivity index (χ0) is 41.0. The quantitative estimate of drug-likeness (QED) is 0.297. The van der Waals surface area contributed by atoms with Crippen LogP contribution in [-0.2, 0) is 26.1 Å². The monoisotopic (exact) mass is 811 g/mol. The molecule has 0 radical (unpaired) electrons. The average molecular weight is 812 g/mol. The maximum Gasteiger partial charge on any atom is 0.408 e. The second-order valence-electron chi connectivity index (χ2n) is 16.7. The van der Waals surface area contributed by atoms with Gasteiger partial charge >= 0.3 is 6.18 Å². The van der Waals surface area contributed by atoms with Crippen LogP contribution in [0.1, 0.15) is 82.3 Å². The summed E-state index contributed by atoms with van der Waals surface area (Å²) < 4.78 is 78.1. The van der Waals surface area contributed by atoms with Crippen LogP contribution in [0.25, 0.3) is 5.57 Å². The van der Waals surface area contributed by atoms with Gasteiger partial charge in [-0.15, -0.1) is 0 Å². The number of hydrogen-bond acceptors (Lipinski definition) is 7. The number of amides is 2. The molecule has 0 bridgehead atoms. The van der Waals surface area contributed by atoms with E-state index < -0.39 is 39.9 Å². The van der Waals surface area contributed by atoms with E-state index in [0.29, 0.717) is 30.8 Å². The van der Waals surface area contributed by atoms with Gasteiger partial charge in [0.25, 0.3) is 11.8 Å². The molecule has 3 atom stereocenters. The van der Waals surface area contributed by atoms with Crippen molar-refractivity contribution in [1.82, 2.24) is 24.3 Å². The number of carbonyl (C=O) groups excluding carboxylic acids is 2. The zero-order valence-corrected chi connectivity index (χ0v) is 34.5. The van der Waals surface area contributed by atoms with Crippen molar-refractivity contribution < 1.29 is 40.4 Å². The summed E-state index contributed by atoms with van der Waals surface area (Å²) in [4.78, 5) is 32.0. The molecule has 2 fully saturated rings. The number of halogens is 3. The molecule has 1 aromatic rings. The van der Waals surface area contributed by atoms with Crippen molar-refractivity contribution in [2.75, 3.05) is 46.9 Å². The largest absolute Gasteiger partial charge is 0.497 e. The second kappa shape index (κ2) is 15.4. The summed E-state index contributed by atoms with van der Waals surface area (Å²) in [5.74, 6) is -0.295. The van der Waals surface area contributed by atoms with Crippen molar-refractivity contribution in [3.63, 3.8) is 0 Å². The Morgan fingerprint density at radius 3 is 2.51 bits per heavy atom. The first-order valence-electron chi connectivity index (χ1n) is 20.1. The van der Waals surface area contributed by atoms with Gasteiger partial charge in [-0.25, -0.2) is 13.1 Å². The highest BCUT2D eigenvalue weighted by Gasteiger charge is 2.44. The number of rotatable bonds is 9. The minimum Gasteiger partial charge on any atom is -0.497 e. The van der Waals surface area contributed by atoms with Crippen molar-refractivity contribution in [2.24, 2.45) is 5.92 Å². The number of carbonyl (C=O) groups is 2. The SMILES string of the molecule is CC[N+]1(C)CCN(C(=O)c2cnn(CC(F)(F)F)c2C2=CC3=CC(OC)=CCC3=C3C(C4CCCCC4)=C4C=CC(C(=O)NS(=O)(=O)C(C)C)=CC4N3C2)[C@@H](C)C1. The molecule has 308 valence electrons. The van der Waals surface area contributed by atoms with Crippen LogP contribution in [0.3, 0.4) is 0 Å². The fourth-order valence-electron chi connectivity index (χ4n) is 9.32. The number of nitrogens with zero attached hydrogens (tertiary/aromatic N) is 5. The molecule has 1 saturated heterocycles. The van der Waals surface area contributed by atoms with Gasteiger partial charge in [0.1, 0.15) is 12.3 Å². The Kier molecular flexibility index (Phi) is 11.0. The fourth-order valence-corrected chi connectivity index (χ4v) is 9.93. The van der Waals surface area contributed by atoms with E-state index >= 15 is 0 Å². The highest BCUT2D eigenvalue weighted by atomic mass is 32.2. The molecule has 3 aliphatic carbocycles. The Hall–Kier alpha value is -4.37. The molecule has 15 heteroatoms. The van der Waals surface area contributed by atoms with Gasteiger partial charge in [0.05, 0.1) is 75.1 Å². The van der Waals surface area contributed by atoms with Gasteiger partial charge in [-0.2, -0.15) is 18.3 Å². The summed E-state index contributed by atoms with van der Waals surface area (Å²) in [6, 6.07) is -0.683. The molecule has 57 heavy (non-hydrogen) atoms. The van der Waals surface area contributed by atoms with E-state index in [0.717, 1.165) is 82.3 Å². The predicted molar refractivity (Wildman–Crippen MR) is 212 cm³/mol. The van der Waals surface area contributed by atoms with Crippen molar-refractivity contribution in [3.05, 3.63) is 93.2 Å². The van der Waals surface area contributed by atoms with E-state index in [1.54, 1.807) is 24.2 Å². The number of aromatic nitrogens is 2. The molecule has 2 unspecified atom stereocenters. The van der Waals surface area contributed by atoms with Crippen LogP contribution in [0.15, 0.2) is 82.0 Å². The Labute approximate surface area is 333 Å². The summed E-state index contributed by atoms with van der Waals surface area (Å²) in [7, 11) is -0.198. The fraction of sp³-hybridized carbons (Fsp3) is 0.548. The van der Waals surface area contributed by atoms with Crippen LogP contribution in [0.5, 0.6) is 0 Å². The predicted octanol–water partition coefficient (Wildman–Crippen LogP) is 6.18. The minimum atomic E-state index is -4.62. The standard InChI is InChI=1S/C42H53F3N6O5S/c1-7-51(5)18-17-48(27(4)24-51)41(53)35-22-46-50(25-42(43,44)45)38(35)31-19-30-20-32(56-6)14-16-33(30)39-37(28-11-9-8-10-12-28)34-15-13-29(21-36(34)49(39)23-31)40(52)47-57(54,55)26(2)3/h13-15,19-22,26-28,36H,7-12,16-18,23-25H2,1-6H3/p+1/t27-,36?,51?/m0/s1. The van der Waals surface area contributed by atoms with Crippen molar-refractivity contribution in [1.29, 1.82) is 0 Å². The molecule has 6 aliphatic rings. The summed E-state index contributed by atoms with van der Waals surface area (Å²) in [6.45, 7) is 8.58. The van der Waals surface area contributed by atoms with E-state index in [-0.39, 0.29) is 41.2 Å². The van der Waals surface area contributed by atoms with Gasteiger partial charge in [-0.1, -0.05) is 25.3 Å². The molecule has 1 N–H and O–H groups in total. The van der Waals surface area contributed by atoms with Crippen LogP contribution < -0.4 is 4.72 Å². The van der Waals surface area contributed by atoms with Crippen LogP contribution in [0, 0.1) is 5.92 Å². The number of allylic oxidation sites excluding steroid dienone is 6. The Morgan fingerprint density at radius 2 is 1.86 bits per heavy atom. The molecular weight excluding hydrogens is 758 g/mol. The number of likely N-dealkylation sites (N-methyl/N-ethyl adjacent to an activating group) is 1. The van der Waals surface area contributed by atoms with Gasteiger partial charge in [-0.05, 0) is 111 Å². The molecule has 4 heterocycles. The summed E-state index contributed by atoms with van der Waals surface area (Å²) in [5.41, 5.74) is 5.67. The number of hydrogen-bond donors (Lipinski definition) is 1. The molecule has 0 spiro atoms. The van der Waals surface area contributed by atoms with E-state index in [1.165, 1.54) is 20.0 Å². The lowest BCUT2D eigenvalue weighted by Crippen LogP contribution is -2.62. The number of alkyl halides is 3. The van der Waals surface area contributed by atoms with Crippen LogP contribution in [0.2, 0.25) is 0 Å². The molecule has 1 saturated carbocycles. The normalized spacial score (nSPS) is 25.6. The molecule has 1 aromatic heterocycles. The molecular formula is C42H54F3N6O5S+. The third-order valence-electron chi connectivity index (χ3n) is 12.6. The molecule has 2 amide bonds. The number of nitrogens with one attached hydrogen (secondary N) is 1. The molecule has 7 rings (SSSR count). The first-order valence-corrected chi connectivity index (χ1v) is 21.6. The van der Waals surface area contributed by atoms with E-state index in [2.05, 4.69) is 28.7 Å². The lowest BCUT2D eigenvalue weighted by atomic mass is 9.78. The molecule has 0 aromatic carbocycles. The van der Waals surface area contributed by atoms with E-state index in [9.17, 15) is 31.2 Å². The second-order valence-corrected chi connectivity index (χ2v) is 19.0. The first-order chi connectivity index (χ1) is 26.9. The highest BCUT2D eigenvalue weighted by Crippen LogP contribution is 2.51. The van der Waals surface area contributed by atoms with Gasteiger partial charge in [0, 0.05) is 17.8 Å². The number of quaternary nitrogens is 1. The zero-order valence-electron chi connectivity index (χ0n) is 33.7.